The Kier molecular flexibility index (Phi) is 2.10. The van der Waals surface area contributed by atoms with E-state index >= 15 is 0 Å². The molecule has 0 spiro atoms. The van der Waals surface area contributed by atoms with Crippen molar-refractivity contribution in [3.63, 3.8) is 0 Å². The number of piperidine rings is 1. The highest BCUT2D eigenvalue weighted by Crippen LogP contribution is 2.66. The van der Waals surface area contributed by atoms with E-state index in [0.717, 1.165) is 13.1 Å². The average Bonchev–Trinajstić information content (AvgIpc) is 2.41. The number of halogens is 1. The molecule has 2 heteroatoms. The SMILES string of the molecule is CC(C)(C)N1CC2C(C1)C2(F)C(C)(C)C. The van der Waals surface area contributed by atoms with Gasteiger partial charge in [0.05, 0.1) is 0 Å². The van der Waals surface area contributed by atoms with Crippen LogP contribution in [0.15, 0.2) is 0 Å². The molecule has 2 rings (SSSR count). The third kappa shape index (κ3) is 1.44. The monoisotopic (exact) mass is 213 g/mol. The van der Waals surface area contributed by atoms with Crippen LogP contribution in [-0.4, -0.2) is 29.2 Å². The second-order valence-electron chi connectivity index (χ2n) is 7.31. The van der Waals surface area contributed by atoms with Crippen LogP contribution in [0.5, 0.6) is 0 Å². The van der Waals surface area contributed by atoms with Crippen molar-refractivity contribution in [1.82, 2.24) is 4.90 Å². The predicted molar refractivity (Wildman–Crippen MR) is 61.6 cm³/mol. The Morgan fingerprint density at radius 2 is 1.40 bits per heavy atom. The first kappa shape index (κ1) is 11.4. The third-order valence-corrected chi connectivity index (χ3v) is 4.39. The molecule has 2 atom stereocenters. The maximum absolute atomic E-state index is 14.7. The number of likely N-dealkylation sites (tertiary alicyclic amines) is 1. The number of nitrogens with zero attached hydrogens (tertiary/aromatic N) is 1. The van der Waals surface area contributed by atoms with Gasteiger partial charge in [-0.15, -0.1) is 0 Å². The first-order valence-corrected chi connectivity index (χ1v) is 6.02. The minimum Gasteiger partial charge on any atom is -0.298 e. The lowest BCUT2D eigenvalue weighted by Crippen LogP contribution is -2.45. The van der Waals surface area contributed by atoms with Gasteiger partial charge in [-0.05, 0) is 26.2 Å². The van der Waals surface area contributed by atoms with E-state index < -0.39 is 5.67 Å². The minimum atomic E-state index is -0.894. The highest BCUT2D eigenvalue weighted by molar-refractivity contribution is 5.23. The molecule has 0 aromatic heterocycles. The van der Waals surface area contributed by atoms with Crippen LogP contribution in [0.1, 0.15) is 41.5 Å². The summed E-state index contributed by atoms with van der Waals surface area (Å²) in [5.41, 5.74) is -0.882. The number of rotatable bonds is 0. The zero-order chi connectivity index (χ0) is 11.6. The summed E-state index contributed by atoms with van der Waals surface area (Å²) in [4.78, 5) is 2.42. The lowest BCUT2D eigenvalue weighted by atomic mass is 9.84. The van der Waals surface area contributed by atoms with Crippen molar-refractivity contribution in [2.24, 2.45) is 17.3 Å². The normalized spacial score (nSPS) is 41.8. The Balaban J connectivity index is 2.05. The smallest absolute Gasteiger partial charge is 0.124 e. The zero-order valence-corrected chi connectivity index (χ0v) is 10.9. The lowest BCUT2D eigenvalue weighted by molar-refractivity contribution is 0.0491. The van der Waals surface area contributed by atoms with E-state index in [1.54, 1.807) is 0 Å². The Hall–Kier alpha value is -0.110. The summed E-state index contributed by atoms with van der Waals surface area (Å²) >= 11 is 0. The maximum Gasteiger partial charge on any atom is 0.124 e. The molecule has 1 heterocycles. The number of hydrogen-bond donors (Lipinski definition) is 0. The molecule has 15 heavy (non-hydrogen) atoms. The second kappa shape index (κ2) is 2.77. The fraction of sp³-hybridized carbons (Fsp3) is 1.00. The van der Waals surface area contributed by atoms with Crippen LogP contribution in [0.2, 0.25) is 0 Å². The predicted octanol–water partition coefficient (Wildman–Crippen LogP) is 3.10. The molecule has 0 bridgehead atoms. The van der Waals surface area contributed by atoms with Gasteiger partial charge >= 0.3 is 0 Å². The second-order valence-corrected chi connectivity index (χ2v) is 7.31. The van der Waals surface area contributed by atoms with E-state index in [9.17, 15) is 4.39 Å². The molecule has 1 saturated heterocycles. The van der Waals surface area contributed by atoms with Crippen LogP contribution in [0.25, 0.3) is 0 Å². The largest absolute Gasteiger partial charge is 0.298 e. The van der Waals surface area contributed by atoms with Gasteiger partial charge in [0, 0.05) is 30.5 Å². The van der Waals surface area contributed by atoms with Crippen LogP contribution in [0.4, 0.5) is 4.39 Å². The van der Waals surface area contributed by atoms with Gasteiger partial charge in [-0.3, -0.25) is 4.90 Å². The average molecular weight is 213 g/mol. The van der Waals surface area contributed by atoms with Crippen molar-refractivity contribution >= 4 is 0 Å². The highest BCUT2D eigenvalue weighted by atomic mass is 19.1. The van der Waals surface area contributed by atoms with Gasteiger partial charge in [0.25, 0.3) is 0 Å². The van der Waals surface area contributed by atoms with Gasteiger partial charge in [0.2, 0.25) is 0 Å². The maximum atomic E-state index is 14.7. The highest BCUT2D eigenvalue weighted by Gasteiger charge is 2.74. The molecule has 1 aliphatic heterocycles. The van der Waals surface area contributed by atoms with E-state index in [-0.39, 0.29) is 22.8 Å². The summed E-state index contributed by atoms with van der Waals surface area (Å²) in [6.45, 7) is 14.6. The molecule has 2 unspecified atom stereocenters. The van der Waals surface area contributed by atoms with Crippen LogP contribution >= 0.6 is 0 Å². The van der Waals surface area contributed by atoms with Gasteiger partial charge in [0.1, 0.15) is 5.67 Å². The van der Waals surface area contributed by atoms with Gasteiger partial charge in [-0.25, -0.2) is 4.39 Å². The molecule has 2 fully saturated rings. The molecule has 1 aliphatic carbocycles. The van der Waals surface area contributed by atoms with Crippen LogP contribution in [0.3, 0.4) is 0 Å². The summed E-state index contributed by atoms with van der Waals surface area (Å²) in [6, 6.07) is 0. The van der Waals surface area contributed by atoms with Crippen LogP contribution < -0.4 is 0 Å². The molecule has 2 aliphatic rings. The van der Waals surface area contributed by atoms with E-state index in [1.807, 2.05) is 20.8 Å². The summed E-state index contributed by atoms with van der Waals surface area (Å²) in [5.74, 6) is 0.577. The van der Waals surface area contributed by atoms with E-state index in [4.69, 9.17) is 0 Å². The molecule has 0 amide bonds. The summed E-state index contributed by atoms with van der Waals surface area (Å²) in [6.07, 6.45) is 0. The molecule has 0 aromatic rings. The molecule has 0 aromatic carbocycles. The van der Waals surface area contributed by atoms with Gasteiger partial charge in [-0.1, -0.05) is 20.8 Å². The van der Waals surface area contributed by atoms with Crippen molar-refractivity contribution in [2.45, 2.75) is 52.8 Å². The molecule has 0 N–H and O–H groups in total. The summed E-state index contributed by atoms with van der Waals surface area (Å²) < 4.78 is 14.7. The van der Waals surface area contributed by atoms with Gasteiger partial charge in [-0.2, -0.15) is 0 Å². The van der Waals surface area contributed by atoms with Crippen LogP contribution in [-0.2, 0) is 0 Å². The van der Waals surface area contributed by atoms with Crippen molar-refractivity contribution in [1.29, 1.82) is 0 Å². The minimum absolute atomic E-state index is 0.188. The number of fused-ring (bicyclic) bond motifs is 1. The quantitative estimate of drug-likeness (QED) is 0.597. The Morgan fingerprint density at radius 1 is 1.00 bits per heavy atom. The van der Waals surface area contributed by atoms with Crippen molar-refractivity contribution < 1.29 is 4.39 Å². The molecular weight excluding hydrogens is 189 g/mol. The van der Waals surface area contributed by atoms with Gasteiger partial charge in [0.15, 0.2) is 0 Å². The van der Waals surface area contributed by atoms with Crippen molar-refractivity contribution in [3.8, 4) is 0 Å². The first-order chi connectivity index (χ1) is 6.58. The number of alkyl halides is 1. The molecular formula is C13H24FN. The van der Waals surface area contributed by atoms with E-state index in [0.29, 0.717) is 0 Å². The van der Waals surface area contributed by atoms with Gasteiger partial charge < -0.3 is 0 Å². The Bertz CT molecular complexity index is 259. The van der Waals surface area contributed by atoms with Crippen LogP contribution in [0, 0.1) is 17.3 Å². The van der Waals surface area contributed by atoms with E-state index in [1.165, 1.54) is 0 Å². The first-order valence-electron chi connectivity index (χ1n) is 6.02. The van der Waals surface area contributed by atoms with Crippen molar-refractivity contribution in [2.75, 3.05) is 13.1 Å². The fourth-order valence-electron chi connectivity index (χ4n) is 3.23. The third-order valence-electron chi connectivity index (χ3n) is 4.39. The fourth-order valence-corrected chi connectivity index (χ4v) is 3.23. The standard InChI is InChI=1S/C13H24FN/c1-11(2,3)13(14)9-7-15(8-10(9)13)12(4,5)6/h9-10H,7-8H2,1-6H3. The molecule has 1 saturated carbocycles. The van der Waals surface area contributed by atoms with E-state index in [2.05, 4.69) is 25.7 Å². The summed E-state index contributed by atoms with van der Waals surface area (Å²) in [5, 5.41) is 0. The van der Waals surface area contributed by atoms with Crippen molar-refractivity contribution in [3.05, 3.63) is 0 Å². The summed E-state index contributed by atoms with van der Waals surface area (Å²) in [7, 11) is 0. The number of hydrogen-bond acceptors (Lipinski definition) is 1. The lowest BCUT2D eigenvalue weighted by Gasteiger charge is -2.37. The molecule has 1 nitrogen and oxygen atoms in total. The Morgan fingerprint density at radius 3 is 1.67 bits per heavy atom. The molecule has 0 radical (unpaired) electrons. The Labute approximate surface area is 93.0 Å². The zero-order valence-electron chi connectivity index (χ0n) is 10.9. The molecule has 88 valence electrons. The topological polar surface area (TPSA) is 3.24 Å².